The van der Waals surface area contributed by atoms with Gasteiger partial charge in [0.1, 0.15) is 0 Å². The second-order valence-electron chi connectivity index (χ2n) is 8.48. The Hall–Kier alpha value is -2.83. The molecule has 1 amide bonds. The summed E-state index contributed by atoms with van der Waals surface area (Å²) in [7, 11) is 0. The standard InChI is InChI=1S/C25H30N4O2/c30-25(29-13-15-31-16-14-29)19-5-7-23(8-6-19)28-11-9-21(10-12-28)26-18-22-17-20-3-1-2-4-24(20)27-22/h1-8,17,21,26-27H,9-16,18H2. The Kier molecular flexibility index (Phi) is 5.91. The lowest BCUT2D eigenvalue weighted by atomic mass is 10.0. The smallest absolute Gasteiger partial charge is 0.254 e. The zero-order valence-corrected chi connectivity index (χ0v) is 17.8. The Morgan fingerprint density at radius 2 is 1.74 bits per heavy atom. The molecule has 0 unspecified atom stereocenters. The molecule has 0 atom stereocenters. The van der Waals surface area contributed by atoms with Gasteiger partial charge in [0.2, 0.25) is 0 Å². The normalized spacial score (nSPS) is 17.9. The number of rotatable bonds is 5. The lowest BCUT2D eigenvalue weighted by Crippen LogP contribution is -2.42. The number of hydrogen-bond acceptors (Lipinski definition) is 4. The van der Waals surface area contributed by atoms with E-state index in [9.17, 15) is 4.79 Å². The summed E-state index contributed by atoms with van der Waals surface area (Å²) in [6.07, 6.45) is 2.24. The van der Waals surface area contributed by atoms with Crippen molar-refractivity contribution in [3.05, 3.63) is 65.9 Å². The molecule has 0 spiro atoms. The van der Waals surface area contributed by atoms with E-state index >= 15 is 0 Å². The SMILES string of the molecule is O=C(c1ccc(N2CCC(NCc3cc4ccccc4[nH]3)CC2)cc1)N1CCOCC1. The number of para-hydroxylation sites is 1. The van der Waals surface area contributed by atoms with Crippen molar-refractivity contribution < 1.29 is 9.53 Å². The van der Waals surface area contributed by atoms with Crippen LogP contribution in [0.4, 0.5) is 5.69 Å². The van der Waals surface area contributed by atoms with E-state index in [1.807, 2.05) is 17.0 Å². The topological polar surface area (TPSA) is 60.6 Å². The van der Waals surface area contributed by atoms with E-state index < -0.39 is 0 Å². The molecule has 3 aromatic rings. The molecule has 5 rings (SSSR count). The average Bonchev–Trinajstić information content (AvgIpc) is 3.26. The van der Waals surface area contributed by atoms with Gasteiger partial charge in [0.25, 0.3) is 5.91 Å². The zero-order valence-electron chi connectivity index (χ0n) is 17.8. The van der Waals surface area contributed by atoms with Crippen LogP contribution < -0.4 is 10.2 Å². The number of amides is 1. The van der Waals surface area contributed by atoms with E-state index in [-0.39, 0.29) is 5.91 Å². The van der Waals surface area contributed by atoms with Crippen molar-refractivity contribution in [1.29, 1.82) is 0 Å². The molecule has 162 valence electrons. The second kappa shape index (κ2) is 9.12. The lowest BCUT2D eigenvalue weighted by Gasteiger charge is -2.34. The number of piperidine rings is 1. The minimum absolute atomic E-state index is 0.106. The minimum atomic E-state index is 0.106. The van der Waals surface area contributed by atoms with Crippen LogP contribution >= 0.6 is 0 Å². The summed E-state index contributed by atoms with van der Waals surface area (Å²) in [5.41, 5.74) is 4.40. The number of fused-ring (bicyclic) bond motifs is 1. The Morgan fingerprint density at radius 1 is 1.00 bits per heavy atom. The summed E-state index contributed by atoms with van der Waals surface area (Å²) in [5.74, 6) is 0.106. The van der Waals surface area contributed by atoms with Crippen LogP contribution in [0.5, 0.6) is 0 Å². The predicted octanol–water partition coefficient (Wildman–Crippen LogP) is 3.40. The fraction of sp³-hybridized carbons (Fsp3) is 0.400. The van der Waals surface area contributed by atoms with Crippen LogP contribution in [-0.2, 0) is 11.3 Å². The average molecular weight is 419 g/mol. The molecule has 1 aromatic heterocycles. The molecule has 0 radical (unpaired) electrons. The first kappa shape index (κ1) is 20.1. The van der Waals surface area contributed by atoms with Crippen molar-refractivity contribution in [3.8, 4) is 0 Å². The Balaban J connectivity index is 1.12. The zero-order chi connectivity index (χ0) is 21.0. The molecule has 2 fully saturated rings. The number of aromatic nitrogens is 1. The number of aromatic amines is 1. The molecule has 0 saturated carbocycles. The third kappa shape index (κ3) is 4.60. The third-order valence-electron chi connectivity index (χ3n) is 6.44. The number of H-pyrrole nitrogens is 1. The maximum atomic E-state index is 12.6. The first-order valence-corrected chi connectivity index (χ1v) is 11.3. The van der Waals surface area contributed by atoms with E-state index in [0.29, 0.717) is 32.3 Å². The second-order valence-corrected chi connectivity index (χ2v) is 8.48. The number of carbonyl (C=O) groups excluding carboxylic acids is 1. The summed E-state index contributed by atoms with van der Waals surface area (Å²) in [6.45, 7) is 5.55. The molecule has 2 aliphatic heterocycles. The highest BCUT2D eigenvalue weighted by molar-refractivity contribution is 5.94. The van der Waals surface area contributed by atoms with Gasteiger partial charge in [-0.15, -0.1) is 0 Å². The molecule has 0 aliphatic carbocycles. The summed E-state index contributed by atoms with van der Waals surface area (Å²) in [4.78, 5) is 20.4. The maximum Gasteiger partial charge on any atom is 0.254 e. The Morgan fingerprint density at radius 3 is 2.48 bits per heavy atom. The summed E-state index contributed by atoms with van der Waals surface area (Å²) >= 11 is 0. The highest BCUT2D eigenvalue weighted by Gasteiger charge is 2.21. The van der Waals surface area contributed by atoms with Gasteiger partial charge in [0, 0.05) is 61.2 Å². The van der Waals surface area contributed by atoms with Crippen molar-refractivity contribution in [2.75, 3.05) is 44.3 Å². The van der Waals surface area contributed by atoms with Gasteiger partial charge in [-0.3, -0.25) is 4.79 Å². The number of carbonyl (C=O) groups is 1. The van der Waals surface area contributed by atoms with Gasteiger partial charge in [0.05, 0.1) is 13.2 Å². The number of hydrogen-bond donors (Lipinski definition) is 2. The molecule has 2 N–H and O–H groups in total. The van der Waals surface area contributed by atoms with E-state index in [1.165, 1.54) is 22.3 Å². The van der Waals surface area contributed by atoms with Crippen LogP contribution in [0.15, 0.2) is 54.6 Å². The molecule has 6 nitrogen and oxygen atoms in total. The summed E-state index contributed by atoms with van der Waals surface area (Å²) < 4.78 is 5.34. The van der Waals surface area contributed by atoms with Crippen LogP contribution in [0, 0.1) is 0 Å². The predicted molar refractivity (Wildman–Crippen MR) is 124 cm³/mol. The number of ether oxygens (including phenoxy) is 1. The van der Waals surface area contributed by atoms with Gasteiger partial charge in [-0.1, -0.05) is 18.2 Å². The van der Waals surface area contributed by atoms with E-state index in [1.54, 1.807) is 0 Å². The van der Waals surface area contributed by atoms with Gasteiger partial charge < -0.3 is 24.8 Å². The fourth-order valence-electron chi connectivity index (χ4n) is 4.59. The lowest BCUT2D eigenvalue weighted by molar-refractivity contribution is 0.0303. The monoisotopic (exact) mass is 418 g/mol. The molecule has 2 aromatic carbocycles. The Labute approximate surface area is 183 Å². The molecule has 6 heteroatoms. The number of morpholine rings is 1. The van der Waals surface area contributed by atoms with Crippen molar-refractivity contribution in [2.24, 2.45) is 0 Å². The Bertz CT molecular complexity index is 982. The number of benzene rings is 2. The minimum Gasteiger partial charge on any atom is -0.378 e. The maximum absolute atomic E-state index is 12.6. The largest absolute Gasteiger partial charge is 0.378 e. The first-order valence-electron chi connectivity index (χ1n) is 11.3. The van der Waals surface area contributed by atoms with Crippen molar-refractivity contribution in [1.82, 2.24) is 15.2 Å². The molecule has 2 saturated heterocycles. The quantitative estimate of drug-likeness (QED) is 0.667. The number of nitrogens with zero attached hydrogens (tertiary/aromatic N) is 2. The van der Waals surface area contributed by atoms with Crippen LogP contribution in [0.25, 0.3) is 10.9 Å². The highest BCUT2D eigenvalue weighted by Crippen LogP contribution is 2.22. The first-order chi connectivity index (χ1) is 15.3. The summed E-state index contributed by atoms with van der Waals surface area (Å²) in [6, 6.07) is 19.3. The van der Waals surface area contributed by atoms with E-state index in [0.717, 1.165) is 38.0 Å². The van der Waals surface area contributed by atoms with Gasteiger partial charge in [-0.2, -0.15) is 0 Å². The molecular weight excluding hydrogens is 388 g/mol. The molecular formula is C25H30N4O2. The van der Waals surface area contributed by atoms with Crippen molar-refractivity contribution >= 4 is 22.5 Å². The highest BCUT2D eigenvalue weighted by atomic mass is 16.5. The van der Waals surface area contributed by atoms with E-state index in [2.05, 4.69) is 57.7 Å². The van der Waals surface area contributed by atoms with Gasteiger partial charge in [0.15, 0.2) is 0 Å². The molecule has 2 aliphatic rings. The fourth-order valence-corrected chi connectivity index (χ4v) is 4.59. The van der Waals surface area contributed by atoms with Crippen LogP contribution in [0.1, 0.15) is 28.9 Å². The third-order valence-corrected chi connectivity index (χ3v) is 6.44. The van der Waals surface area contributed by atoms with Crippen LogP contribution in [0.2, 0.25) is 0 Å². The molecule has 31 heavy (non-hydrogen) atoms. The van der Waals surface area contributed by atoms with E-state index in [4.69, 9.17) is 4.74 Å². The van der Waals surface area contributed by atoms with Crippen LogP contribution in [0.3, 0.4) is 0 Å². The molecule has 0 bridgehead atoms. The van der Waals surface area contributed by atoms with Crippen molar-refractivity contribution in [2.45, 2.75) is 25.4 Å². The number of nitrogens with one attached hydrogen (secondary N) is 2. The number of anilines is 1. The van der Waals surface area contributed by atoms with Crippen molar-refractivity contribution in [3.63, 3.8) is 0 Å². The van der Waals surface area contributed by atoms with Gasteiger partial charge in [-0.25, -0.2) is 0 Å². The molecule has 3 heterocycles. The van der Waals surface area contributed by atoms with Gasteiger partial charge >= 0.3 is 0 Å². The van der Waals surface area contributed by atoms with Crippen LogP contribution in [-0.4, -0.2) is 61.2 Å². The van der Waals surface area contributed by atoms with Gasteiger partial charge in [-0.05, 0) is 54.6 Å². The summed E-state index contributed by atoms with van der Waals surface area (Å²) in [5, 5.41) is 4.98.